The molecule has 102 valence electrons. The smallest absolute Gasteiger partial charge is 0.244 e. The van der Waals surface area contributed by atoms with Gasteiger partial charge < -0.3 is 15.2 Å². The molecule has 2 N–H and O–H groups in total. The third-order valence-electron chi connectivity index (χ3n) is 4.00. The minimum Gasteiger partial charge on any atom is -0.354 e. The van der Waals surface area contributed by atoms with Crippen LogP contribution in [0.15, 0.2) is 6.07 Å². The van der Waals surface area contributed by atoms with Crippen LogP contribution in [0.2, 0.25) is 0 Å². The van der Waals surface area contributed by atoms with Crippen molar-refractivity contribution in [3.8, 4) is 0 Å². The van der Waals surface area contributed by atoms with E-state index in [2.05, 4.69) is 10.3 Å². The molecule has 2 aliphatic heterocycles. The molecule has 3 rings (SSSR count). The Hall–Kier alpha value is -1.62. The summed E-state index contributed by atoms with van der Waals surface area (Å²) >= 11 is 0. The number of aromatic amines is 1. The molecule has 5 nitrogen and oxygen atoms in total. The number of hydrogen-bond donors (Lipinski definition) is 2. The molecule has 0 saturated carbocycles. The van der Waals surface area contributed by atoms with Gasteiger partial charge in [0.15, 0.2) is 6.29 Å². The summed E-state index contributed by atoms with van der Waals surface area (Å²) in [5.41, 5.74) is 2.48. The van der Waals surface area contributed by atoms with Crippen molar-refractivity contribution in [2.75, 3.05) is 18.0 Å². The van der Waals surface area contributed by atoms with Crippen LogP contribution in [0.4, 0.5) is 5.69 Å². The number of aldehydes is 1. The largest absolute Gasteiger partial charge is 0.354 e. The number of fused-ring (bicyclic) bond motifs is 1. The second kappa shape index (κ2) is 5.17. The Bertz CT molecular complexity index is 489. The quantitative estimate of drug-likeness (QED) is 0.787. The Kier molecular flexibility index (Phi) is 3.38. The normalized spacial score (nSPS) is 22.9. The molecular formula is C14H19N3O2. The van der Waals surface area contributed by atoms with Crippen molar-refractivity contribution < 1.29 is 9.59 Å². The molecular weight excluding hydrogens is 242 g/mol. The fourth-order valence-corrected chi connectivity index (χ4v) is 3.01. The van der Waals surface area contributed by atoms with Gasteiger partial charge in [0.1, 0.15) is 0 Å². The number of nitrogens with zero attached hydrogens (tertiary/aromatic N) is 1. The van der Waals surface area contributed by atoms with E-state index in [-0.39, 0.29) is 11.9 Å². The van der Waals surface area contributed by atoms with Gasteiger partial charge in [0.05, 0.1) is 17.4 Å². The van der Waals surface area contributed by atoms with E-state index in [9.17, 15) is 9.59 Å². The van der Waals surface area contributed by atoms with Crippen LogP contribution in [0.3, 0.4) is 0 Å². The van der Waals surface area contributed by atoms with Crippen LogP contribution in [0.5, 0.6) is 0 Å². The van der Waals surface area contributed by atoms with Gasteiger partial charge in [-0.15, -0.1) is 0 Å². The number of carbonyl (C=O) groups is 2. The van der Waals surface area contributed by atoms with Crippen molar-refractivity contribution in [2.45, 2.75) is 38.1 Å². The Labute approximate surface area is 112 Å². The Morgan fingerprint density at radius 1 is 1.37 bits per heavy atom. The molecule has 3 heterocycles. The molecule has 0 bridgehead atoms. The number of H-pyrrole nitrogens is 1. The monoisotopic (exact) mass is 261 g/mol. The summed E-state index contributed by atoms with van der Waals surface area (Å²) in [4.78, 5) is 28.4. The summed E-state index contributed by atoms with van der Waals surface area (Å²) in [6, 6.07) is 1.75. The molecule has 0 aromatic carbocycles. The highest BCUT2D eigenvalue weighted by Gasteiger charge is 2.30. The zero-order valence-corrected chi connectivity index (χ0v) is 10.9. The van der Waals surface area contributed by atoms with Crippen molar-refractivity contribution in [1.82, 2.24) is 10.3 Å². The standard InChI is InChI=1S/C14H19N3O2/c18-9-10-8-13-11(16-10)4-1-2-7-17(13)14(19)12-5-3-6-15-12/h8-9,12,15-16H,1-7H2. The molecule has 0 aliphatic carbocycles. The van der Waals surface area contributed by atoms with E-state index in [1.54, 1.807) is 6.07 Å². The van der Waals surface area contributed by atoms with E-state index in [1.165, 1.54) is 0 Å². The number of aromatic nitrogens is 1. The van der Waals surface area contributed by atoms with E-state index < -0.39 is 0 Å². The van der Waals surface area contributed by atoms with E-state index in [0.717, 1.165) is 62.9 Å². The maximum Gasteiger partial charge on any atom is 0.244 e. The van der Waals surface area contributed by atoms with Gasteiger partial charge in [0.2, 0.25) is 5.91 Å². The second-order valence-electron chi connectivity index (χ2n) is 5.30. The number of hydrogen-bond acceptors (Lipinski definition) is 3. The lowest BCUT2D eigenvalue weighted by Crippen LogP contribution is -2.44. The van der Waals surface area contributed by atoms with E-state index >= 15 is 0 Å². The van der Waals surface area contributed by atoms with Gasteiger partial charge in [-0.25, -0.2) is 0 Å². The Morgan fingerprint density at radius 2 is 2.26 bits per heavy atom. The van der Waals surface area contributed by atoms with Crippen LogP contribution >= 0.6 is 0 Å². The van der Waals surface area contributed by atoms with Gasteiger partial charge in [-0.05, 0) is 44.7 Å². The minimum absolute atomic E-state index is 0.0551. The van der Waals surface area contributed by atoms with E-state index in [1.807, 2.05) is 4.90 Å². The average molecular weight is 261 g/mol. The fourth-order valence-electron chi connectivity index (χ4n) is 3.01. The highest BCUT2D eigenvalue weighted by atomic mass is 16.2. The average Bonchev–Trinajstić information content (AvgIpc) is 3.04. The summed E-state index contributed by atoms with van der Waals surface area (Å²) in [5.74, 6) is 0.150. The van der Waals surface area contributed by atoms with Crippen LogP contribution < -0.4 is 10.2 Å². The molecule has 19 heavy (non-hydrogen) atoms. The van der Waals surface area contributed by atoms with Gasteiger partial charge in [-0.3, -0.25) is 9.59 Å². The summed E-state index contributed by atoms with van der Waals surface area (Å²) in [7, 11) is 0. The zero-order chi connectivity index (χ0) is 13.2. The molecule has 2 aliphatic rings. The highest BCUT2D eigenvalue weighted by molar-refractivity contribution is 5.98. The molecule has 1 saturated heterocycles. The number of aryl methyl sites for hydroxylation is 1. The Morgan fingerprint density at radius 3 is 3.00 bits per heavy atom. The predicted octanol–water partition coefficient (Wildman–Crippen LogP) is 1.25. The Balaban J connectivity index is 1.90. The minimum atomic E-state index is -0.0551. The number of anilines is 1. The summed E-state index contributed by atoms with van der Waals surface area (Å²) in [5, 5.41) is 3.25. The highest BCUT2D eigenvalue weighted by Crippen LogP contribution is 2.28. The molecule has 1 aromatic rings. The molecule has 0 spiro atoms. The molecule has 1 amide bonds. The maximum atomic E-state index is 12.6. The van der Waals surface area contributed by atoms with Crippen molar-refractivity contribution in [1.29, 1.82) is 0 Å². The van der Waals surface area contributed by atoms with Crippen LogP contribution in [-0.4, -0.2) is 36.3 Å². The first-order valence-corrected chi connectivity index (χ1v) is 7.01. The van der Waals surface area contributed by atoms with Gasteiger partial charge >= 0.3 is 0 Å². The molecule has 1 fully saturated rings. The molecule has 5 heteroatoms. The van der Waals surface area contributed by atoms with Crippen molar-refractivity contribution in [3.05, 3.63) is 17.5 Å². The molecule has 1 aromatic heterocycles. The third-order valence-corrected chi connectivity index (χ3v) is 4.00. The van der Waals surface area contributed by atoms with Crippen LogP contribution in [0, 0.1) is 0 Å². The number of carbonyl (C=O) groups excluding carboxylic acids is 2. The number of nitrogens with one attached hydrogen (secondary N) is 2. The fraction of sp³-hybridized carbons (Fsp3) is 0.571. The lowest BCUT2D eigenvalue weighted by Gasteiger charge is -2.24. The van der Waals surface area contributed by atoms with Crippen LogP contribution in [0.1, 0.15) is 41.9 Å². The van der Waals surface area contributed by atoms with Gasteiger partial charge in [0.25, 0.3) is 0 Å². The predicted molar refractivity (Wildman–Crippen MR) is 72.5 cm³/mol. The van der Waals surface area contributed by atoms with Gasteiger partial charge in [-0.2, -0.15) is 0 Å². The second-order valence-corrected chi connectivity index (χ2v) is 5.30. The molecule has 1 unspecified atom stereocenters. The first-order chi connectivity index (χ1) is 9.29. The number of rotatable bonds is 2. The van der Waals surface area contributed by atoms with Gasteiger partial charge in [0, 0.05) is 12.2 Å². The van der Waals surface area contributed by atoms with Crippen molar-refractivity contribution >= 4 is 17.9 Å². The SMILES string of the molecule is O=Cc1cc2c([nH]1)CCCCN2C(=O)C1CCCN1. The van der Waals surface area contributed by atoms with E-state index in [4.69, 9.17) is 0 Å². The summed E-state index contributed by atoms with van der Waals surface area (Å²) < 4.78 is 0. The van der Waals surface area contributed by atoms with Crippen LogP contribution in [-0.2, 0) is 11.2 Å². The summed E-state index contributed by atoms with van der Waals surface area (Å²) in [6.07, 6.45) is 5.75. The van der Waals surface area contributed by atoms with Crippen molar-refractivity contribution in [3.63, 3.8) is 0 Å². The lowest BCUT2D eigenvalue weighted by molar-refractivity contribution is -0.120. The summed E-state index contributed by atoms with van der Waals surface area (Å²) in [6.45, 7) is 1.67. The van der Waals surface area contributed by atoms with E-state index in [0.29, 0.717) is 5.69 Å². The topological polar surface area (TPSA) is 65.2 Å². The van der Waals surface area contributed by atoms with Crippen LogP contribution in [0.25, 0.3) is 0 Å². The third kappa shape index (κ3) is 2.30. The molecule has 0 radical (unpaired) electrons. The molecule has 1 atom stereocenters. The number of amides is 1. The first kappa shape index (κ1) is 12.4. The van der Waals surface area contributed by atoms with Gasteiger partial charge in [-0.1, -0.05) is 0 Å². The lowest BCUT2D eigenvalue weighted by atomic mass is 10.2. The maximum absolute atomic E-state index is 12.6. The first-order valence-electron chi connectivity index (χ1n) is 7.01. The zero-order valence-electron chi connectivity index (χ0n) is 10.9. The van der Waals surface area contributed by atoms with Crippen molar-refractivity contribution in [2.24, 2.45) is 0 Å².